The average molecular weight is 549 g/mol. The smallest absolute Gasteiger partial charge is 0.178 e. The molecule has 0 saturated carbocycles. The minimum atomic E-state index is -1.00. The predicted molar refractivity (Wildman–Crippen MR) is 144 cm³/mol. The molecule has 4 aromatic rings. The van der Waals surface area contributed by atoms with Gasteiger partial charge < -0.3 is 18.9 Å². The van der Waals surface area contributed by atoms with Gasteiger partial charge in [0.25, 0.3) is 0 Å². The summed E-state index contributed by atoms with van der Waals surface area (Å²) in [6.07, 6.45) is 4.83. The van der Waals surface area contributed by atoms with Crippen LogP contribution in [-0.2, 0) is 5.60 Å². The Bertz CT molecular complexity index is 1350. The fraction of sp³-hybridized carbons (Fsp3) is 0.200. The Morgan fingerprint density at radius 3 is 2.11 bits per heavy atom. The molecule has 4 aromatic carbocycles. The van der Waals surface area contributed by atoms with E-state index >= 15 is 4.39 Å². The number of fused-ring (bicyclic) bond motifs is 3. The second-order valence-corrected chi connectivity index (χ2v) is 9.27. The molecule has 0 saturated heterocycles. The Morgan fingerprint density at radius 1 is 0.889 bits per heavy atom. The summed E-state index contributed by atoms with van der Waals surface area (Å²) in [5.74, 6) is 2.25. The standard InChI is InChI=1S/C30H26BrFO4/c1-33-23-11-7-21(8-12-23)30(22-9-13-24(34-2)14-10-22)16-15-25-27(35-18-4-17-31)19-20-5-3-6-26(32)28(20)29(25)36-30/h3,5-16,19H,4,17-18H2,1-2H3. The molecule has 1 heterocycles. The maximum Gasteiger partial charge on any atom is 0.178 e. The van der Waals surface area contributed by atoms with E-state index in [1.54, 1.807) is 20.3 Å². The van der Waals surface area contributed by atoms with Gasteiger partial charge in [0.1, 0.15) is 28.8 Å². The molecule has 5 rings (SSSR count). The van der Waals surface area contributed by atoms with Crippen LogP contribution in [0.25, 0.3) is 16.8 Å². The molecule has 36 heavy (non-hydrogen) atoms. The molecular formula is C30H26BrFO4. The Kier molecular flexibility index (Phi) is 6.88. The summed E-state index contributed by atoms with van der Waals surface area (Å²) < 4.78 is 39.0. The monoisotopic (exact) mass is 548 g/mol. The first kappa shape index (κ1) is 24.2. The van der Waals surface area contributed by atoms with Gasteiger partial charge in [-0.1, -0.05) is 52.3 Å². The van der Waals surface area contributed by atoms with Gasteiger partial charge in [-0.3, -0.25) is 0 Å². The van der Waals surface area contributed by atoms with Gasteiger partial charge in [0.15, 0.2) is 5.60 Å². The maximum absolute atomic E-state index is 15.3. The van der Waals surface area contributed by atoms with E-state index in [4.69, 9.17) is 18.9 Å². The first-order valence-electron chi connectivity index (χ1n) is 11.7. The van der Waals surface area contributed by atoms with Crippen molar-refractivity contribution in [3.63, 3.8) is 0 Å². The summed E-state index contributed by atoms with van der Waals surface area (Å²) >= 11 is 3.45. The molecule has 0 fully saturated rings. The molecule has 0 bridgehead atoms. The number of hydrogen-bond donors (Lipinski definition) is 0. The SMILES string of the molecule is COc1ccc(C2(c3ccc(OC)cc3)C=Cc3c(OCCCBr)cc4cccc(F)c4c3O2)cc1. The number of ether oxygens (including phenoxy) is 4. The quantitative estimate of drug-likeness (QED) is 0.168. The minimum Gasteiger partial charge on any atom is -0.497 e. The van der Waals surface area contributed by atoms with E-state index < -0.39 is 5.60 Å². The lowest BCUT2D eigenvalue weighted by Gasteiger charge is -2.37. The van der Waals surface area contributed by atoms with Crippen molar-refractivity contribution < 1.29 is 23.3 Å². The van der Waals surface area contributed by atoms with Crippen molar-refractivity contribution in [2.75, 3.05) is 26.2 Å². The molecule has 1 aliphatic heterocycles. The molecule has 1 aliphatic rings. The first-order chi connectivity index (χ1) is 17.6. The van der Waals surface area contributed by atoms with Crippen molar-refractivity contribution in [3.05, 3.63) is 101 Å². The molecular weight excluding hydrogens is 523 g/mol. The average Bonchev–Trinajstić information content (AvgIpc) is 2.93. The molecule has 0 atom stereocenters. The van der Waals surface area contributed by atoms with Crippen molar-refractivity contribution >= 4 is 32.8 Å². The zero-order valence-corrected chi connectivity index (χ0v) is 21.7. The van der Waals surface area contributed by atoms with Gasteiger partial charge in [0, 0.05) is 16.5 Å². The fourth-order valence-corrected chi connectivity index (χ4v) is 4.76. The van der Waals surface area contributed by atoms with E-state index in [0.29, 0.717) is 23.5 Å². The zero-order chi connectivity index (χ0) is 25.1. The van der Waals surface area contributed by atoms with Crippen LogP contribution in [0, 0.1) is 5.82 Å². The van der Waals surface area contributed by atoms with E-state index in [1.807, 2.05) is 72.8 Å². The highest BCUT2D eigenvalue weighted by molar-refractivity contribution is 9.09. The Balaban J connectivity index is 1.73. The zero-order valence-electron chi connectivity index (χ0n) is 20.1. The van der Waals surface area contributed by atoms with Crippen LogP contribution in [-0.4, -0.2) is 26.2 Å². The van der Waals surface area contributed by atoms with Crippen molar-refractivity contribution in [3.8, 4) is 23.0 Å². The summed E-state index contributed by atoms with van der Waals surface area (Å²) in [7, 11) is 3.26. The van der Waals surface area contributed by atoms with Crippen LogP contribution in [0.5, 0.6) is 23.0 Å². The van der Waals surface area contributed by atoms with E-state index in [-0.39, 0.29) is 5.82 Å². The third-order valence-corrected chi connectivity index (χ3v) is 6.95. The van der Waals surface area contributed by atoms with Crippen LogP contribution < -0.4 is 18.9 Å². The molecule has 0 radical (unpaired) electrons. The highest BCUT2D eigenvalue weighted by atomic mass is 79.9. The maximum atomic E-state index is 15.3. The van der Waals surface area contributed by atoms with Crippen molar-refractivity contribution in [2.24, 2.45) is 0 Å². The number of methoxy groups -OCH3 is 2. The lowest BCUT2D eigenvalue weighted by atomic mass is 9.83. The minimum absolute atomic E-state index is 0.343. The van der Waals surface area contributed by atoms with Crippen LogP contribution in [0.15, 0.2) is 78.9 Å². The Labute approximate surface area is 218 Å². The Hall–Kier alpha value is -3.51. The largest absolute Gasteiger partial charge is 0.497 e. The second-order valence-electron chi connectivity index (χ2n) is 8.47. The number of alkyl halides is 1. The first-order valence-corrected chi connectivity index (χ1v) is 12.8. The Morgan fingerprint density at radius 2 is 1.53 bits per heavy atom. The van der Waals surface area contributed by atoms with Gasteiger partial charge in [0.2, 0.25) is 0 Å². The second kappa shape index (κ2) is 10.2. The molecule has 0 aromatic heterocycles. The van der Waals surface area contributed by atoms with Gasteiger partial charge in [0.05, 0.1) is 31.8 Å². The van der Waals surface area contributed by atoms with Gasteiger partial charge in [-0.05, 0) is 60.4 Å². The molecule has 0 aliphatic carbocycles. The third kappa shape index (κ3) is 4.30. The van der Waals surface area contributed by atoms with Gasteiger partial charge in [-0.15, -0.1) is 0 Å². The predicted octanol–water partition coefficient (Wildman–Crippen LogP) is 7.51. The summed E-state index contributed by atoms with van der Waals surface area (Å²) in [5.41, 5.74) is 1.48. The normalized spacial score (nSPS) is 13.7. The van der Waals surface area contributed by atoms with Crippen molar-refractivity contribution in [1.29, 1.82) is 0 Å². The van der Waals surface area contributed by atoms with Crippen LogP contribution in [0.3, 0.4) is 0 Å². The number of hydrogen-bond acceptors (Lipinski definition) is 4. The molecule has 4 nitrogen and oxygen atoms in total. The summed E-state index contributed by atoms with van der Waals surface area (Å²) in [6.45, 7) is 0.536. The lowest BCUT2D eigenvalue weighted by molar-refractivity contribution is 0.162. The van der Waals surface area contributed by atoms with E-state index in [9.17, 15) is 0 Å². The lowest BCUT2D eigenvalue weighted by Crippen LogP contribution is -2.34. The van der Waals surface area contributed by atoms with Crippen molar-refractivity contribution in [2.45, 2.75) is 12.0 Å². The number of benzene rings is 4. The summed E-state index contributed by atoms with van der Waals surface area (Å²) in [4.78, 5) is 0. The molecule has 0 N–H and O–H groups in total. The van der Waals surface area contributed by atoms with Crippen LogP contribution in [0.1, 0.15) is 23.1 Å². The number of halogens is 2. The van der Waals surface area contributed by atoms with E-state index in [1.165, 1.54) is 6.07 Å². The van der Waals surface area contributed by atoms with Gasteiger partial charge >= 0.3 is 0 Å². The van der Waals surface area contributed by atoms with Gasteiger partial charge in [-0.25, -0.2) is 4.39 Å². The molecule has 0 unspecified atom stereocenters. The van der Waals surface area contributed by atoms with Crippen molar-refractivity contribution in [1.82, 2.24) is 0 Å². The van der Waals surface area contributed by atoms with Crippen LogP contribution >= 0.6 is 15.9 Å². The highest BCUT2D eigenvalue weighted by Crippen LogP contribution is 2.49. The number of rotatable bonds is 8. The summed E-state index contributed by atoms with van der Waals surface area (Å²) in [6, 6.07) is 22.4. The molecule has 0 spiro atoms. The van der Waals surface area contributed by atoms with E-state index in [0.717, 1.165) is 45.3 Å². The summed E-state index contributed by atoms with van der Waals surface area (Å²) in [5, 5.41) is 1.98. The molecule has 6 heteroatoms. The topological polar surface area (TPSA) is 36.9 Å². The highest BCUT2D eigenvalue weighted by Gasteiger charge is 2.39. The fourth-order valence-electron chi connectivity index (χ4n) is 4.54. The van der Waals surface area contributed by atoms with E-state index in [2.05, 4.69) is 15.9 Å². The van der Waals surface area contributed by atoms with Crippen LogP contribution in [0.2, 0.25) is 0 Å². The van der Waals surface area contributed by atoms with Gasteiger partial charge in [-0.2, -0.15) is 0 Å². The molecule has 184 valence electrons. The van der Waals surface area contributed by atoms with Crippen LogP contribution in [0.4, 0.5) is 4.39 Å². The molecule has 0 amide bonds. The third-order valence-electron chi connectivity index (χ3n) is 6.39.